The van der Waals surface area contributed by atoms with Gasteiger partial charge in [-0.2, -0.15) is 0 Å². The summed E-state index contributed by atoms with van der Waals surface area (Å²) < 4.78 is 5.73. The smallest absolute Gasteiger partial charge is 0.328 e. The fourth-order valence-electron chi connectivity index (χ4n) is 2.41. The summed E-state index contributed by atoms with van der Waals surface area (Å²) in [6, 6.07) is 7.79. The molecule has 0 heterocycles. The maximum Gasteiger partial charge on any atom is 0.328 e. The van der Waals surface area contributed by atoms with Crippen LogP contribution in [-0.4, -0.2) is 17.7 Å². The average Bonchev–Trinajstić information content (AvgIpc) is 2.91. The molecule has 102 valence electrons. The van der Waals surface area contributed by atoms with Crippen molar-refractivity contribution in [2.24, 2.45) is 5.92 Å². The van der Waals surface area contributed by atoms with E-state index in [4.69, 9.17) is 9.84 Å². The Hall–Kier alpha value is -1.61. The Morgan fingerprint density at radius 3 is 2.58 bits per heavy atom. The first-order valence-corrected chi connectivity index (χ1v) is 6.82. The minimum absolute atomic E-state index is 0.638. The number of benzene rings is 1. The molecule has 0 aliphatic heterocycles. The van der Waals surface area contributed by atoms with Crippen molar-refractivity contribution in [1.29, 1.82) is 0 Å². The molecule has 1 aromatic carbocycles. The minimum atomic E-state index is -0.927. The number of carbonyl (C=O) groups is 1. The van der Waals surface area contributed by atoms with Crippen molar-refractivity contribution in [3.05, 3.63) is 41.5 Å². The summed E-state index contributed by atoms with van der Waals surface area (Å²) in [5.74, 6) is -0.179. The quantitative estimate of drug-likeness (QED) is 0.796. The second-order valence-corrected chi connectivity index (χ2v) is 5.08. The van der Waals surface area contributed by atoms with E-state index in [0.717, 1.165) is 29.7 Å². The van der Waals surface area contributed by atoms with Gasteiger partial charge in [-0.3, -0.25) is 0 Å². The van der Waals surface area contributed by atoms with Crippen molar-refractivity contribution in [1.82, 2.24) is 0 Å². The lowest BCUT2D eigenvalue weighted by molar-refractivity contribution is -0.131. The molecule has 0 saturated heterocycles. The topological polar surface area (TPSA) is 46.5 Å². The van der Waals surface area contributed by atoms with Crippen LogP contribution < -0.4 is 0 Å². The predicted octanol–water partition coefficient (Wildman–Crippen LogP) is 3.49. The SMILES string of the molecule is O=C(O)C=Cc1ccc(COCC2CCCC2)cc1. The molecule has 19 heavy (non-hydrogen) atoms. The van der Waals surface area contributed by atoms with Gasteiger partial charge in [0.1, 0.15) is 0 Å². The molecule has 2 rings (SSSR count). The number of hydrogen-bond acceptors (Lipinski definition) is 2. The summed E-state index contributed by atoms with van der Waals surface area (Å²) in [7, 11) is 0. The van der Waals surface area contributed by atoms with Gasteiger partial charge in [0, 0.05) is 12.7 Å². The fourth-order valence-corrected chi connectivity index (χ4v) is 2.41. The maximum atomic E-state index is 10.4. The third-order valence-electron chi connectivity index (χ3n) is 3.50. The van der Waals surface area contributed by atoms with Crippen molar-refractivity contribution in [3.63, 3.8) is 0 Å². The van der Waals surface area contributed by atoms with Crippen molar-refractivity contribution in [2.75, 3.05) is 6.61 Å². The van der Waals surface area contributed by atoms with Crippen molar-refractivity contribution >= 4 is 12.0 Å². The lowest BCUT2D eigenvalue weighted by Gasteiger charge is -2.09. The van der Waals surface area contributed by atoms with Gasteiger partial charge < -0.3 is 9.84 Å². The highest BCUT2D eigenvalue weighted by Gasteiger charge is 2.14. The highest BCUT2D eigenvalue weighted by molar-refractivity contribution is 5.85. The van der Waals surface area contributed by atoms with Crippen LogP contribution in [0.25, 0.3) is 6.08 Å². The van der Waals surface area contributed by atoms with Gasteiger partial charge in [0.05, 0.1) is 6.61 Å². The summed E-state index contributed by atoms with van der Waals surface area (Å²) in [6.07, 6.45) is 8.03. The summed E-state index contributed by atoms with van der Waals surface area (Å²) in [6.45, 7) is 1.50. The van der Waals surface area contributed by atoms with E-state index in [2.05, 4.69) is 0 Å². The molecule has 3 nitrogen and oxygen atoms in total. The zero-order chi connectivity index (χ0) is 13.5. The van der Waals surface area contributed by atoms with E-state index in [1.54, 1.807) is 6.08 Å². The van der Waals surface area contributed by atoms with E-state index >= 15 is 0 Å². The number of aliphatic carboxylic acids is 1. The van der Waals surface area contributed by atoms with Crippen LogP contribution in [0, 0.1) is 5.92 Å². The molecule has 0 bridgehead atoms. The first-order valence-electron chi connectivity index (χ1n) is 6.82. The summed E-state index contributed by atoms with van der Waals surface area (Å²) in [5, 5.41) is 8.54. The van der Waals surface area contributed by atoms with Crippen LogP contribution in [0.5, 0.6) is 0 Å². The molecule has 0 unspecified atom stereocenters. The van der Waals surface area contributed by atoms with E-state index in [0.29, 0.717) is 6.61 Å². The molecule has 0 spiro atoms. The van der Waals surface area contributed by atoms with Gasteiger partial charge in [0.2, 0.25) is 0 Å². The van der Waals surface area contributed by atoms with Gasteiger partial charge in [-0.25, -0.2) is 4.79 Å². The third-order valence-corrected chi connectivity index (χ3v) is 3.50. The van der Waals surface area contributed by atoms with Crippen molar-refractivity contribution in [3.8, 4) is 0 Å². The molecule has 0 aromatic heterocycles. The molecule has 3 heteroatoms. The zero-order valence-electron chi connectivity index (χ0n) is 11.0. The minimum Gasteiger partial charge on any atom is -0.478 e. The largest absolute Gasteiger partial charge is 0.478 e. The van der Waals surface area contributed by atoms with Gasteiger partial charge in [-0.15, -0.1) is 0 Å². The average molecular weight is 260 g/mol. The van der Waals surface area contributed by atoms with Gasteiger partial charge >= 0.3 is 5.97 Å². The van der Waals surface area contributed by atoms with Crippen LogP contribution in [0.2, 0.25) is 0 Å². The van der Waals surface area contributed by atoms with Crippen LogP contribution in [0.1, 0.15) is 36.8 Å². The van der Waals surface area contributed by atoms with Gasteiger partial charge in [0.15, 0.2) is 0 Å². The number of rotatable bonds is 6. The van der Waals surface area contributed by atoms with Crippen LogP contribution in [-0.2, 0) is 16.1 Å². The molecule has 1 aromatic rings. The van der Waals surface area contributed by atoms with Gasteiger partial charge in [-0.05, 0) is 36.0 Å². The number of carboxylic acid groups (broad SMARTS) is 1. The second kappa shape index (κ2) is 7.10. The number of ether oxygens (including phenoxy) is 1. The molecule has 1 N–H and O–H groups in total. The van der Waals surface area contributed by atoms with Crippen molar-refractivity contribution < 1.29 is 14.6 Å². The van der Waals surface area contributed by atoms with Crippen LogP contribution in [0.3, 0.4) is 0 Å². The molecule has 0 atom stereocenters. The fraction of sp³-hybridized carbons (Fsp3) is 0.438. The molecule has 0 radical (unpaired) electrons. The highest BCUT2D eigenvalue weighted by atomic mass is 16.5. The molecular weight excluding hydrogens is 240 g/mol. The van der Waals surface area contributed by atoms with Gasteiger partial charge in [-0.1, -0.05) is 37.1 Å². The normalized spacial score (nSPS) is 16.2. The standard InChI is InChI=1S/C16H20O3/c17-16(18)10-9-13-5-7-15(8-6-13)12-19-11-14-3-1-2-4-14/h5-10,14H,1-4,11-12H2,(H,17,18). The van der Waals surface area contributed by atoms with E-state index in [9.17, 15) is 4.79 Å². The van der Waals surface area contributed by atoms with E-state index < -0.39 is 5.97 Å². The molecule has 1 fully saturated rings. The Labute approximate surface area is 113 Å². The van der Waals surface area contributed by atoms with E-state index in [1.807, 2.05) is 24.3 Å². The Morgan fingerprint density at radius 2 is 1.95 bits per heavy atom. The lowest BCUT2D eigenvalue weighted by Crippen LogP contribution is -2.05. The summed E-state index contributed by atoms with van der Waals surface area (Å²) >= 11 is 0. The van der Waals surface area contributed by atoms with Crippen LogP contribution >= 0.6 is 0 Å². The first kappa shape index (κ1) is 13.8. The first-order chi connectivity index (χ1) is 9.24. The maximum absolute atomic E-state index is 10.4. The lowest BCUT2D eigenvalue weighted by atomic mass is 10.1. The van der Waals surface area contributed by atoms with Crippen LogP contribution in [0.15, 0.2) is 30.3 Å². The Balaban J connectivity index is 1.76. The monoisotopic (exact) mass is 260 g/mol. The molecule has 1 aliphatic rings. The molecule has 1 aliphatic carbocycles. The molecule has 0 amide bonds. The zero-order valence-corrected chi connectivity index (χ0v) is 11.0. The highest BCUT2D eigenvalue weighted by Crippen LogP contribution is 2.25. The van der Waals surface area contributed by atoms with Crippen LogP contribution in [0.4, 0.5) is 0 Å². The third kappa shape index (κ3) is 4.87. The molecular formula is C16H20O3. The Bertz CT molecular complexity index is 428. The number of hydrogen-bond donors (Lipinski definition) is 1. The van der Waals surface area contributed by atoms with E-state index in [1.165, 1.54) is 25.7 Å². The number of carboxylic acids is 1. The second-order valence-electron chi connectivity index (χ2n) is 5.08. The van der Waals surface area contributed by atoms with Crippen molar-refractivity contribution in [2.45, 2.75) is 32.3 Å². The Morgan fingerprint density at radius 1 is 1.26 bits per heavy atom. The van der Waals surface area contributed by atoms with Gasteiger partial charge in [0.25, 0.3) is 0 Å². The van der Waals surface area contributed by atoms with E-state index in [-0.39, 0.29) is 0 Å². The predicted molar refractivity (Wildman–Crippen MR) is 74.7 cm³/mol. The summed E-state index contributed by atoms with van der Waals surface area (Å²) in [5.41, 5.74) is 2.02. The molecule has 1 saturated carbocycles. The summed E-state index contributed by atoms with van der Waals surface area (Å²) in [4.78, 5) is 10.4. The Kier molecular flexibility index (Phi) is 5.16.